The molecule has 0 amide bonds. The molecule has 5 nitrogen and oxygen atoms in total. The Bertz CT molecular complexity index is 423. The Morgan fingerprint density at radius 3 is 2.09 bits per heavy atom. The van der Waals surface area contributed by atoms with Gasteiger partial charge in [-0.3, -0.25) is 9.59 Å². The van der Waals surface area contributed by atoms with E-state index in [1.54, 1.807) is 6.92 Å². The molecule has 132 valence electrons. The zero-order valence-corrected chi connectivity index (χ0v) is 14.9. The smallest absolute Gasteiger partial charge is 0.333 e. The van der Waals surface area contributed by atoms with Crippen molar-refractivity contribution in [3.05, 3.63) is 12.2 Å². The van der Waals surface area contributed by atoms with Crippen molar-refractivity contribution < 1.29 is 23.9 Å². The molecule has 0 aromatic heterocycles. The van der Waals surface area contributed by atoms with Crippen LogP contribution in [0.1, 0.15) is 66.2 Å². The summed E-state index contributed by atoms with van der Waals surface area (Å²) >= 11 is 0. The van der Waals surface area contributed by atoms with E-state index in [4.69, 9.17) is 9.47 Å². The third-order valence-electron chi connectivity index (χ3n) is 3.70. The van der Waals surface area contributed by atoms with Gasteiger partial charge in [-0.05, 0) is 46.5 Å². The van der Waals surface area contributed by atoms with Crippen LogP contribution in [-0.4, -0.2) is 30.9 Å². The van der Waals surface area contributed by atoms with Crippen molar-refractivity contribution in [2.24, 2.45) is 5.41 Å². The number of ketones is 1. The lowest BCUT2D eigenvalue weighted by molar-refractivity contribution is -0.154. The first-order valence-corrected chi connectivity index (χ1v) is 8.22. The minimum atomic E-state index is -0.467. The van der Waals surface area contributed by atoms with Crippen molar-refractivity contribution in [2.45, 2.75) is 66.2 Å². The molecule has 0 atom stereocenters. The van der Waals surface area contributed by atoms with Gasteiger partial charge in [0.2, 0.25) is 0 Å². The maximum atomic E-state index is 11.7. The molecule has 0 heterocycles. The van der Waals surface area contributed by atoms with Crippen LogP contribution in [0.25, 0.3) is 0 Å². The monoisotopic (exact) mass is 326 g/mol. The maximum Gasteiger partial charge on any atom is 0.333 e. The van der Waals surface area contributed by atoms with Gasteiger partial charge in [0.05, 0.1) is 18.6 Å². The second-order valence-electron chi connectivity index (χ2n) is 6.39. The molecule has 0 aliphatic heterocycles. The minimum Gasteiger partial charge on any atom is -0.465 e. The SMILES string of the molecule is C=C(C)C(=O)OCCCCC(=O)CCCOC(=O)C(C)(C)CC. The summed E-state index contributed by atoms with van der Waals surface area (Å²) in [6.07, 6.45) is 3.48. The summed E-state index contributed by atoms with van der Waals surface area (Å²) in [5, 5.41) is 0. The second kappa shape index (κ2) is 11.0. The van der Waals surface area contributed by atoms with E-state index in [-0.39, 0.29) is 18.4 Å². The van der Waals surface area contributed by atoms with Gasteiger partial charge in [-0.25, -0.2) is 4.79 Å². The Morgan fingerprint density at radius 2 is 1.52 bits per heavy atom. The van der Waals surface area contributed by atoms with Crippen LogP contribution in [0.3, 0.4) is 0 Å². The van der Waals surface area contributed by atoms with Crippen molar-refractivity contribution in [2.75, 3.05) is 13.2 Å². The van der Waals surface area contributed by atoms with Crippen molar-refractivity contribution >= 4 is 17.7 Å². The van der Waals surface area contributed by atoms with Crippen LogP contribution in [0.15, 0.2) is 12.2 Å². The van der Waals surface area contributed by atoms with E-state index in [1.807, 2.05) is 20.8 Å². The number of ether oxygens (including phenoxy) is 2. The van der Waals surface area contributed by atoms with Crippen molar-refractivity contribution in [3.63, 3.8) is 0 Å². The van der Waals surface area contributed by atoms with Crippen LogP contribution >= 0.6 is 0 Å². The number of Topliss-reactive ketones (excluding diaryl/α,β-unsaturated/α-hetero) is 1. The van der Waals surface area contributed by atoms with Crippen LogP contribution in [0, 0.1) is 5.41 Å². The number of hydrogen-bond donors (Lipinski definition) is 0. The summed E-state index contributed by atoms with van der Waals surface area (Å²) in [5.41, 5.74) is -0.0903. The van der Waals surface area contributed by atoms with Gasteiger partial charge in [-0.15, -0.1) is 0 Å². The number of carbonyl (C=O) groups is 3. The fourth-order valence-electron chi connectivity index (χ4n) is 1.61. The number of carbonyl (C=O) groups excluding carboxylic acids is 3. The lowest BCUT2D eigenvalue weighted by atomic mass is 9.91. The molecule has 0 unspecified atom stereocenters. The van der Waals surface area contributed by atoms with Crippen LogP contribution in [0.5, 0.6) is 0 Å². The zero-order valence-electron chi connectivity index (χ0n) is 14.9. The van der Waals surface area contributed by atoms with E-state index >= 15 is 0 Å². The standard InChI is InChI=1S/C18H30O5/c1-6-18(4,5)17(21)23-13-9-11-15(19)10-7-8-12-22-16(20)14(2)3/h2,6-13H2,1,3-5H3. The molecule has 5 heteroatoms. The highest BCUT2D eigenvalue weighted by molar-refractivity contribution is 5.86. The van der Waals surface area contributed by atoms with Crippen LogP contribution in [-0.2, 0) is 23.9 Å². The van der Waals surface area contributed by atoms with Crippen molar-refractivity contribution in [1.29, 1.82) is 0 Å². The van der Waals surface area contributed by atoms with Gasteiger partial charge in [0.25, 0.3) is 0 Å². The molecule has 23 heavy (non-hydrogen) atoms. The summed E-state index contributed by atoms with van der Waals surface area (Å²) in [7, 11) is 0. The average Bonchev–Trinajstić information content (AvgIpc) is 2.50. The Hall–Kier alpha value is -1.65. The molecule has 0 N–H and O–H groups in total. The van der Waals surface area contributed by atoms with E-state index in [0.717, 1.165) is 6.42 Å². The Morgan fingerprint density at radius 1 is 0.957 bits per heavy atom. The highest BCUT2D eigenvalue weighted by Gasteiger charge is 2.26. The molecule has 0 fully saturated rings. The van der Waals surface area contributed by atoms with Gasteiger partial charge in [0.15, 0.2) is 0 Å². The first kappa shape index (κ1) is 21.4. The molecule has 0 aliphatic carbocycles. The minimum absolute atomic E-state index is 0.141. The predicted molar refractivity (Wildman–Crippen MR) is 88.9 cm³/mol. The highest BCUT2D eigenvalue weighted by atomic mass is 16.5. The van der Waals surface area contributed by atoms with Gasteiger partial charge in [-0.2, -0.15) is 0 Å². The molecule has 0 saturated carbocycles. The summed E-state index contributed by atoms with van der Waals surface area (Å²) in [5.74, 6) is -0.470. The van der Waals surface area contributed by atoms with Gasteiger partial charge in [0.1, 0.15) is 5.78 Å². The number of unbranched alkanes of at least 4 members (excludes halogenated alkanes) is 1. The molecular formula is C18H30O5. The average molecular weight is 326 g/mol. The van der Waals surface area contributed by atoms with Gasteiger partial charge in [-0.1, -0.05) is 13.5 Å². The molecule has 0 aromatic rings. The van der Waals surface area contributed by atoms with Gasteiger partial charge >= 0.3 is 11.9 Å². The summed E-state index contributed by atoms with van der Waals surface area (Å²) < 4.78 is 10.1. The first-order chi connectivity index (χ1) is 10.7. The zero-order chi connectivity index (χ0) is 17.9. The van der Waals surface area contributed by atoms with Crippen molar-refractivity contribution in [1.82, 2.24) is 0 Å². The Balaban J connectivity index is 3.64. The fourth-order valence-corrected chi connectivity index (χ4v) is 1.61. The topological polar surface area (TPSA) is 69.7 Å². The van der Waals surface area contributed by atoms with Crippen LogP contribution in [0.4, 0.5) is 0 Å². The van der Waals surface area contributed by atoms with E-state index in [1.165, 1.54) is 0 Å². The lowest BCUT2D eigenvalue weighted by Gasteiger charge is -2.20. The van der Waals surface area contributed by atoms with Gasteiger partial charge in [0, 0.05) is 18.4 Å². The quantitative estimate of drug-likeness (QED) is 0.311. The predicted octanol–water partition coefficient (Wildman–Crippen LogP) is 3.60. The molecule has 0 aromatic carbocycles. The third kappa shape index (κ3) is 9.87. The summed E-state index contributed by atoms with van der Waals surface area (Å²) in [6.45, 7) is 11.3. The van der Waals surface area contributed by atoms with Gasteiger partial charge < -0.3 is 9.47 Å². The molecule has 0 rings (SSSR count). The van der Waals surface area contributed by atoms with E-state index in [9.17, 15) is 14.4 Å². The van der Waals surface area contributed by atoms with Crippen LogP contribution in [0.2, 0.25) is 0 Å². The molecule has 0 spiro atoms. The first-order valence-electron chi connectivity index (χ1n) is 8.22. The van der Waals surface area contributed by atoms with Crippen LogP contribution < -0.4 is 0 Å². The number of esters is 2. The van der Waals surface area contributed by atoms with E-state index in [2.05, 4.69) is 6.58 Å². The number of hydrogen-bond acceptors (Lipinski definition) is 5. The second-order valence-corrected chi connectivity index (χ2v) is 6.39. The fraction of sp³-hybridized carbons (Fsp3) is 0.722. The Kier molecular flexibility index (Phi) is 10.2. The lowest BCUT2D eigenvalue weighted by Crippen LogP contribution is -2.26. The van der Waals surface area contributed by atoms with Crippen molar-refractivity contribution in [3.8, 4) is 0 Å². The van der Waals surface area contributed by atoms with E-state index in [0.29, 0.717) is 44.3 Å². The summed E-state index contributed by atoms with van der Waals surface area (Å²) in [4.78, 5) is 34.5. The molecule has 0 aliphatic rings. The normalized spacial score (nSPS) is 11.0. The molecule has 0 saturated heterocycles. The molecular weight excluding hydrogens is 296 g/mol. The summed E-state index contributed by atoms with van der Waals surface area (Å²) in [6, 6.07) is 0. The highest BCUT2D eigenvalue weighted by Crippen LogP contribution is 2.21. The Labute approximate surface area is 139 Å². The largest absolute Gasteiger partial charge is 0.465 e. The molecule has 0 bridgehead atoms. The maximum absolute atomic E-state index is 11.7. The third-order valence-corrected chi connectivity index (χ3v) is 3.70. The van der Waals surface area contributed by atoms with E-state index < -0.39 is 11.4 Å². The molecule has 0 radical (unpaired) electrons. The number of rotatable bonds is 12.